The summed E-state index contributed by atoms with van der Waals surface area (Å²) < 4.78 is 7.16. The smallest absolute Gasteiger partial charge is 0.270 e. The maximum absolute atomic E-state index is 13.0. The van der Waals surface area contributed by atoms with Crippen LogP contribution in [0, 0.1) is 6.92 Å². The van der Waals surface area contributed by atoms with Gasteiger partial charge >= 0.3 is 0 Å². The van der Waals surface area contributed by atoms with Crippen molar-refractivity contribution < 1.29 is 9.53 Å². The number of carbonyl (C=O) groups excluding carboxylic acids is 1. The molecule has 0 aromatic carbocycles. The van der Waals surface area contributed by atoms with Crippen molar-refractivity contribution in [2.75, 3.05) is 7.11 Å². The summed E-state index contributed by atoms with van der Waals surface area (Å²) in [5.41, 5.74) is 1.91. The van der Waals surface area contributed by atoms with Gasteiger partial charge in [0.05, 0.1) is 12.8 Å². The molecule has 0 bridgehead atoms. The second-order valence-corrected chi connectivity index (χ2v) is 8.29. The van der Waals surface area contributed by atoms with Gasteiger partial charge in [-0.3, -0.25) is 9.20 Å². The van der Waals surface area contributed by atoms with E-state index in [2.05, 4.69) is 43.3 Å². The van der Waals surface area contributed by atoms with Gasteiger partial charge in [0.1, 0.15) is 5.69 Å². The number of pyridine rings is 1. The zero-order chi connectivity index (χ0) is 18.4. The van der Waals surface area contributed by atoms with Crippen LogP contribution in [0.15, 0.2) is 18.3 Å². The number of methoxy groups -OCH3 is 1. The molecule has 1 aliphatic rings. The van der Waals surface area contributed by atoms with Crippen LogP contribution in [-0.4, -0.2) is 39.5 Å². The normalized spacial score (nSPS) is 19.8. The predicted molar refractivity (Wildman–Crippen MR) is 98.3 cm³/mol. The molecule has 2 aromatic rings. The molecule has 6 nitrogen and oxygen atoms in total. The molecular formula is C19H28N4O2. The highest BCUT2D eigenvalue weighted by Gasteiger charge is 2.38. The number of hydrogen-bond acceptors (Lipinski definition) is 4. The van der Waals surface area contributed by atoms with Crippen LogP contribution in [0.3, 0.4) is 0 Å². The molecule has 1 fully saturated rings. The largest absolute Gasteiger partial charge is 0.493 e. The zero-order valence-corrected chi connectivity index (χ0v) is 15.9. The first-order chi connectivity index (χ1) is 11.6. The van der Waals surface area contributed by atoms with Crippen LogP contribution in [0.4, 0.5) is 0 Å². The molecule has 0 unspecified atom stereocenters. The van der Waals surface area contributed by atoms with Gasteiger partial charge in [0.2, 0.25) is 0 Å². The molecule has 0 radical (unpaired) electrons. The Kier molecular flexibility index (Phi) is 4.27. The summed E-state index contributed by atoms with van der Waals surface area (Å²) in [5.74, 6) is 0.575. The highest BCUT2D eigenvalue weighted by Crippen LogP contribution is 2.29. The predicted octanol–water partition coefficient (Wildman–Crippen LogP) is 2.69. The molecule has 2 aromatic heterocycles. The first-order valence-electron chi connectivity index (χ1n) is 8.74. The summed E-state index contributed by atoms with van der Waals surface area (Å²) >= 11 is 0. The van der Waals surface area contributed by atoms with Crippen LogP contribution >= 0.6 is 0 Å². The number of nitrogens with one attached hydrogen (secondary N) is 2. The lowest BCUT2D eigenvalue weighted by atomic mass is 9.79. The van der Waals surface area contributed by atoms with Gasteiger partial charge in [-0.15, -0.1) is 0 Å². The Hall–Kier alpha value is -2.08. The van der Waals surface area contributed by atoms with Crippen LogP contribution in [0.25, 0.3) is 5.65 Å². The number of rotatable bonds is 3. The molecule has 2 N–H and O–H groups in total. The Morgan fingerprint density at radius 2 is 1.96 bits per heavy atom. The summed E-state index contributed by atoms with van der Waals surface area (Å²) in [6.45, 7) is 10.6. The standard InChI is InChI=1S/C19H28N4O2/c1-12-15(23-9-7-8-14(25-6)16(23)20-12)17(24)21-13-10-18(2,3)22-19(4,5)11-13/h7-9,13,22H,10-11H2,1-6H3,(H,21,24). The number of nitrogens with zero attached hydrogens (tertiary/aromatic N) is 2. The molecule has 0 atom stereocenters. The lowest BCUT2D eigenvalue weighted by Gasteiger charge is -2.46. The van der Waals surface area contributed by atoms with E-state index in [4.69, 9.17) is 4.74 Å². The minimum Gasteiger partial charge on any atom is -0.493 e. The Morgan fingerprint density at radius 3 is 2.56 bits per heavy atom. The summed E-state index contributed by atoms with van der Waals surface area (Å²) in [6.07, 6.45) is 3.63. The van der Waals surface area contributed by atoms with Crippen LogP contribution in [-0.2, 0) is 0 Å². The Balaban J connectivity index is 1.89. The Labute approximate surface area is 149 Å². The molecule has 3 rings (SSSR count). The average Bonchev–Trinajstić information content (AvgIpc) is 2.79. The fourth-order valence-corrected chi connectivity index (χ4v) is 4.27. The number of carbonyl (C=O) groups is 1. The first kappa shape index (κ1) is 17.7. The number of imidazole rings is 1. The van der Waals surface area contributed by atoms with Gasteiger partial charge < -0.3 is 15.4 Å². The van der Waals surface area contributed by atoms with E-state index in [-0.39, 0.29) is 23.0 Å². The van der Waals surface area contributed by atoms with E-state index >= 15 is 0 Å². The monoisotopic (exact) mass is 344 g/mol. The van der Waals surface area contributed by atoms with E-state index < -0.39 is 0 Å². The number of aromatic nitrogens is 2. The molecule has 1 saturated heterocycles. The first-order valence-corrected chi connectivity index (χ1v) is 8.74. The van der Waals surface area contributed by atoms with Gasteiger partial charge in [0, 0.05) is 23.3 Å². The van der Waals surface area contributed by atoms with Gasteiger partial charge in [-0.1, -0.05) is 0 Å². The fraction of sp³-hybridized carbons (Fsp3) is 0.579. The highest BCUT2D eigenvalue weighted by molar-refractivity contribution is 5.95. The number of fused-ring (bicyclic) bond motifs is 1. The molecule has 0 aliphatic carbocycles. The van der Waals surface area contributed by atoms with Gasteiger partial charge in [-0.2, -0.15) is 0 Å². The lowest BCUT2D eigenvalue weighted by molar-refractivity contribution is 0.0867. The second-order valence-electron chi connectivity index (χ2n) is 8.29. The molecule has 136 valence electrons. The molecule has 0 spiro atoms. The molecule has 6 heteroatoms. The zero-order valence-electron chi connectivity index (χ0n) is 15.9. The van der Waals surface area contributed by atoms with E-state index in [1.54, 1.807) is 11.5 Å². The fourth-order valence-electron chi connectivity index (χ4n) is 4.27. The SMILES string of the molecule is COc1cccn2c(C(=O)NC3CC(C)(C)NC(C)(C)C3)c(C)nc12. The van der Waals surface area contributed by atoms with E-state index in [0.29, 0.717) is 22.8 Å². The number of ether oxygens (including phenoxy) is 1. The third-order valence-electron chi connectivity index (χ3n) is 4.75. The van der Waals surface area contributed by atoms with Gasteiger partial charge in [-0.25, -0.2) is 4.98 Å². The lowest BCUT2D eigenvalue weighted by Crippen LogP contribution is -2.62. The van der Waals surface area contributed by atoms with E-state index in [0.717, 1.165) is 12.8 Å². The maximum Gasteiger partial charge on any atom is 0.270 e. The average molecular weight is 344 g/mol. The minimum absolute atomic E-state index is 0.0164. The van der Waals surface area contributed by atoms with E-state index in [1.807, 2.05) is 25.3 Å². The van der Waals surface area contributed by atoms with Crippen molar-refractivity contribution in [3.63, 3.8) is 0 Å². The van der Waals surface area contributed by atoms with Crippen molar-refractivity contribution in [1.82, 2.24) is 20.0 Å². The number of aryl methyl sites for hydroxylation is 1. The number of piperidine rings is 1. The van der Waals surface area contributed by atoms with Crippen LogP contribution < -0.4 is 15.4 Å². The molecule has 3 heterocycles. The quantitative estimate of drug-likeness (QED) is 0.898. The van der Waals surface area contributed by atoms with E-state index in [9.17, 15) is 4.79 Å². The summed E-state index contributed by atoms with van der Waals surface area (Å²) in [5, 5.41) is 6.86. The van der Waals surface area contributed by atoms with Crippen LogP contribution in [0.1, 0.15) is 56.7 Å². The molecular weight excluding hydrogens is 316 g/mol. The molecule has 1 amide bonds. The maximum atomic E-state index is 13.0. The summed E-state index contributed by atoms with van der Waals surface area (Å²) in [7, 11) is 1.61. The third kappa shape index (κ3) is 3.49. The molecule has 1 aliphatic heterocycles. The van der Waals surface area contributed by atoms with Crippen molar-refractivity contribution in [2.45, 2.75) is 64.6 Å². The van der Waals surface area contributed by atoms with Gasteiger partial charge in [0.15, 0.2) is 11.4 Å². The van der Waals surface area contributed by atoms with Gasteiger partial charge in [-0.05, 0) is 59.6 Å². The van der Waals surface area contributed by atoms with Crippen LogP contribution in [0.5, 0.6) is 5.75 Å². The van der Waals surface area contributed by atoms with E-state index in [1.165, 1.54) is 0 Å². The van der Waals surface area contributed by atoms with Crippen molar-refractivity contribution in [3.8, 4) is 5.75 Å². The molecule has 25 heavy (non-hydrogen) atoms. The highest BCUT2D eigenvalue weighted by atomic mass is 16.5. The topological polar surface area (TPSA) is 67.7 Å². The summed E-state index contributed by atoms with van der Waals surface area (Å²) in [4.78, 5) is 17.5. The second kappa shape index (κ2) is 6.02. The van der Waals surface area contributed by atoms with Crippen molar-refractivity contribution in [2.24, 2.45) is 0 Å². The van der Waals surface area contributed by atoms with Crippen molar-refractivity contribution in [1.29, 1.82) is 0 Å². The number of hydrogen-bond donors (Lipinski definition) is 2. The van der Waals surface area contributed by atoms with Crippen molar-refractivity contribution in [3.05, 3.63) is 29.7 Å². The van der Waals surface area contributed by atoms with Crippen LogP contribution in [0.2, 0.25) is 0 Å². The summed E-state index contributed by atoms with van der Waals surface area (Å²) in [6, 6.07) is 3.83. The Bertz CT molecular complexity index is 791. The van der Waals surface area contributed by atoms with Gasteiger partial charge in [0.25, 0.3) is 5.91 Å². The minimum atomic E-state index is -0.0863. The molecule has 0 saturated carbocycles. The third-order valence-corrected chi connectivity index (χ3v) is 4.75. The van der Waals surface area contributed by atoms with Crippen molar-refractivity contribution >= 4 is 11.6 Å². The Morgan fingerprint density at radius 1 is 1.32 bits per heavy atom. The number of amides is 1.